The van der Waals surface area contributed by atoms with Crippen LogP contribution in [-0.2, 0) is 11.2 Å². The number of ketones is 1. The van der Waals surface area contributed by atoms with Crippen LogP contribution in [0.3, 0.4) is 0 Å². The number of carbonyl (C=O) groups excluding carboxylic acids is 2. The van der Waals surface area contributed by atoms with Crippen molar-refractivity contribution < 1.29 is 14.3 Å². The summed E-state index contributed by atoms with van der Waals surface area (Å²) in [5.74, 6) is 0.137. The quantitative estimate of drug-likeness (QED) is 0.745. The van der Waals surface area contributed by atoms with Crippen LogP contribution >= 0.6 is 11.3 Å². The van der Waals surface area contributed by atoms with Crippen LogP contribution in [0.5, 0.6) is 5.19 Å². The molecule has 4 rings (SSSR count). The van der Waals surface area contributed by atoms with Crippen LogP contribution in [-0.4, -0.2) is 33.2 Å². The van der Waals surface area contributed by atoms with Gasteiger partial charge in [0.05, 0.1) is 27.2 Å². The van der Waals surface area contributed by atoms with Crippen molar-refractivity contribution in [3.63, 3.8) is 0 Å². The molecule has 3 aromatic rings. The van der Waals surface area contributed by atoms with E-state index in [9.17, 15) is 9.59 Å². The lowest BCUT2D eigenvalue weighted by atomic mass is 9.86. The highest BCUT2D eigenvalue weighted by Gasteiger charge is 2.26. The number of hydrogen-bond acceptors (Lipinski definition) is 7. The topological polar surface area (TPSA) is 94.1 Å². The molecule has 1 aromatic carbocycles. The summed E-state index contributed by atoms with van der Waals surface area (Å²) in [6.45, 7) is 3.60. The number of rotatable bonds is 4. The number of aryl methyl sites for hydroxylation is 1. The maximum Gasteiger partial charge on any atom is 0.274 e. The molecule has 0 saturated heterocycles. The molecule has 0 radical (unpaired) electrons. The van der Waals surface area contributed by atoms with Gasteiger partial charge in [0.25, 0.3) is 11.1 Å². The van der Waals surface area contributed by atoms with Crippen LogP contribution in [0, 0.1) is 12.8 Å². The zero-order valence-electron chi connectivity index (χ0n) is 15.0. The van der Waals surface area contributed by atoms with E-state index >= 15 is 0 Å². The summed E-state index contributed by atoms with van der Waals surface area (Å²) in [5.41, 5.74) is 2.73. The SMILES string of the molecule is Cc1nc(NC(=O)COc2nc3ccccc3s2)nc2c1C(=O)CC(C)C2. The predicted octanol–water partition coefficient (Wildman–Crippen LogP) is 3.18. The van der Waals surface area contributed by atoms with E-state index in [1.54, 1.807) is 6.92 Å². The zero-order chi connectivity index (χ0) is 19.0. The second-order valence-electron chi connectivity index (χ2n) is 6.68. The minimum Gasteiger partial charge on any atom is -0.460 e. The molecule has 2 heterocycles. The number of para-hydroxylation sites is 1. The summed E-state index contributed by atoms with van der Waals surface area (Å²) in [7, 11) is 0. The first kappa shape index (κ1) is 17.5. The van der Waals surface area contributed by atoms with Crippen molar-refractivity contribution in [2.75, 3.05) is 11.9 Å². The van der Waals surface area contributed by atoms with Crippen molar-refractivity contribution in [1.82, 2.24) is 15.0 Å². The zero-order valence-corrected chi connectivity index (χ0v) is 15.8. The lowest BCUT2D eigenvalue weighted by molar-refractivity contribution is -0.118. The second-order valence-corrected chi connectivity index (χ2v) is 7.67. The van der Waals surface area contributed by atoms with Crippen molar-refractivity contribution in [1.29, 1.82) is 0 Å². The molecule has 1 atom stereocenters. The number of nitrogens with zero attached hydrogens (tertiary/aromatic N) is 3. The number of nitrogens with one attached hydrogen (secondary N) is 1. The fourth-order valence-electron chi connectivity index (χ4n) is 3.22. The highest BCUT2D eigenvalue weighted by molar-refractivity contribution is 7.20. The normalized spacial score (nSPS) is 16.2. The highest BCUT2D eigenvalue weighted by atomic mass is 32.1. The van der Waals surface area contributed by atoms with Crippen LogP contribution in [0.15, 0.2) is 24.3 Å². The van der Waals surface area contributed by atoms with E-state index in [0.29, 0.717) is 35.0 Å². The van der Waals surface area contributed by atoms with Gasteiger partial charge in [-0.05, 0) is 31.4 Å². The maximum absolute atomic E-state index is 12.2. The van der Waals surface area contributed by atoms with Crippen molar-refractivity contribution in [3.8, 4) is 5.19 Å². The van der Waals surface area contributed by atoms with Crippen LogP contribution in [0.2, 0.25) is 0 Å². The third-order valence-electron chi connectivity index (χ3n) is 4.37. The lowest BCUT2D eigenvalue weighted by Crippen LogP contribution is -2.25. The molecule has 1 unspecified atom stereocenters. The molecule has 0 saturated carbocycles. The molecule has 138 valence electrons. The van der Waals surface area contributed by atoms with Gasteiger partial charge < -0.3 is 4.74 Å². The number of benzene rings is 1. The molecular formula is C19H18N4O3S. The van der Waals surface area contributed by atoms with E-state index in [4.69, 9.17) is 4.74 Å². The number of hydrogen-bond donors (Lipinski definition) is 1. The first-order valence-corrected chi connectivity index (χ1v) is 9.50. The maximum atomic E-state index is 12.2. The van der Waals surface area contributed by atoms with Crippen LogP contribution < -0.4 is 10.1 Å². The third-order valence-corrected chi connectivity index (χ3v) is 5.32. The van der Waals surface area contributed by atoms with Gasteiger partial charge in [0.2, 0.25) is 5.95 Å². The molecule has 2 aromatic heterocycles. The number of anilines is 1. The average molecular weight is 382 g/mol. The Morgan fingerprint density at radius 3 is 2.89 bits per heavy atom. The number of aromatic nitrogens is 3. The molecule has 7 nitrogen and oxygen atoms in total. The number of fused-ring (bicyclic) bond motifs is 2. The Morgan fingerprint density at radius 1 is 1.26 bits per heavy atom. The Labute approximate surface area is 159 Å². The Bertz CT molecular complexity index is 1010. The van der Waals surface area contributed by atoms with Crippen molar-refractivity contribution >= 4 is 39.2 Å². The predicted molar refractivity (Wildman–Crippen MR) is 102 cm³/mol. The Morgan fingerprint density at radius 2 is 2.07 bits per heavy atom. The lowest BCUT2D eigenvalue weighted by Gasteiger charge is -2.21. The summed E-state index contributed by atoms with van der Waals surface area (Å²) >= 11 is 1.38. The molecule has 1 aliphatic carbocycles. The number of amides is 1. The van der Waals surface area contributed by atoms with Crippen LogP contribution in [0.1, 0.15) is 35.1 Å². The summed E-state index contributed by atoms with van der Waals surface area (Å²) < 4.78 is 6.49. The van der Waals surface area contributed by atoms with Gasteiger partial charge in [-0.15, -0.1) is 0 Å². The fraction of sp³-hybridized carbons (Fsp3) is 0.316. The molecule has 1 N–H and O–H groups in total. The Hall–Kier alpha value is -2.87. The molecule has 1 aliphatic rings. The van der Waals surface area contributed by atoms with E-state index in [1.165, 1.54) is 11.3 Å². The molecule has 0 aliphatic heterocycles. The van der Waals surface area contributed by atoms with Gasteiger partial charge >= 0.3 is 0 Å². The molecule has 0 fully saturated rings. The Balaban J connectivity index is 1.44. The smallest absolute Gasteiger partial charge is 0.274 e. The molecule has 0 spiro atoms. The highest BCUT2D eigenvalue weighted by Crippen LogP contribution is 2.28. The third kappa shape index (κ3) is 3.66. The van der Waals surface area contributed by atoms with E-state index in [-0.39, 0.29) is 30.2 Å². The standard InChI is InChI=1S/C19H18N4O3S/c1-10-7-13-17(14(24)8-10)11(2)20-18(21-13)23-16(25)9-26-19-22-12-5-3-4-6-15(12)27-19/h3-6,10H,7-9H2,1-2H3,(H,20,21,23,25). The van der Waals surface area contributed by atoms with E-state index < -0.39 is 0 Å². The van der Waals surface area contributed by atoms with Crippen molar-refractivity contribution in [3.05, 3.63) is 41.2 Å². The van der Waals surface area contributed by atoms with Gasteiger partial charge in [0.15, 0.2) is 12.4 Å². The van der Waals surface area contributed by atoms with Gasteiger partial charge in [0.1, 0.15) is 0 Å². The van der Waals surface area contributed by atoms with Gasteiger partial charge in [-0.1, -0.05) is 30.4 Å². The van der Waals surface area contributed by atoms with Gasteiger partial charge in [-0.2, -0.15) is 0 Å². The number of thiazole rings is 1. The largest absolute Gasteiger partial charge is 0.460 e. The minimum absolute atomic E-state index is 0.0679. The Kier molecular flexibility index (Phi) is 4.57. The molecular weight excluding hydrogens is 364 g/mol. The first-order chi connectivity index (χ1) is 13.0. The number of carbonyl (C=O) groups is 2. The van der Waals surface area contributed by atoms with Crippen LogP contribution in [0.4, 0.5) is 5.95 Å². The summed E-state index contributed by atoms with van der Waals surface area (Å²) in [5, 5.41) is 3.08. The average Bonchev–Trinajstić information content (AvgIpc) is 3.02. The molecule has 8 heteroatoms. The fourth-order valence-corrected chi connectivity index (χ4v) is 4.04. The minimum atomic E-state index is -0.371. The second kappa shape index (κ2) is 7.03. The first-order valence-electron chi connectivity index (χ1n) is 8.68. The number of ether oxygens (including phenoxy) is 1. The van der Waals surface area contributed by atoms with Gasteiger partial charge in [-0.3, -0.25) is 14.9 Å². The summed E-state index contributed by atoms with van der Waals surface area (Å²) in [6, 6.07) is 7.68. The van der Waals surface area contributed by atoms with Gasteiger partial charge in [0, 0.05) is 6.42 Å². The molecule has 0 bridgehead atoms. The van der Waals surface area contributed by atoms with Crippen molar-refractivity contribution in [2.45, 2.75) is 26.7 Å². The van der Waals surface area contributed by atoms with E-state index in [0.717, 1.165) is 10.2 Å². The molecule has 1 amide bonds. The summed E-state index contributed by atoms with van der Waals surface area (Å²) in [6.07, 6.45) is 1.22. The van der Waals surface area contributed by atoms with E-state index in [2.05, 4.69) is 20.3 Å². The molecule has 27 heavy (non-hydrogen) atoms. The summed E-state index contributed by atoms with van der Waals surface area (Å²) in [4.78, 5) is 37.4. The van der Waals surface area contributed by atoms with Crippen molar-refractivity contribution in [2.24, 2.45) is 5.92 Å². The van der Waals surface area contributed by atoms with E-state index in [1.807, 2.05) is 31.2 Å². The van der Waals surface area contributed by atoms with Gasteiger partial charge in [-0.25, -0.2) is 15.0 Å². The monoisotopic (exact) mass is 382 g/mol. The van der Waals surface area contributed by atoms with Crippen LogP contribution in [0.25, 0.3) is 10.2 Å². The number of Topliss-reactive ketones (excluding diaryl/α,β-unsaturated/α-hetero) is 1.